The summed E-state index contributed by atoms with van der Waals surface area (Å²) in [5.74, 6) is -0.0150. The average Bonchev–Trinajstić information content (AvgIpc) is 2.85. The lowest BCUT2D eigenvalue weighted by molar-refractivity contribution is -0.132. The first kappa shape index (κ1) is 19.5. The summed E-state index contributed by atoms with van der Waals surface area (Å²) in [6.45, 7) is 3.99. The highest BCUT2D eigenvalue weighted by atomic mass is 35.5. The van der Waals surface area contributed by atoms with Gasteiger partial charge in [-0.05, 0) is 36.5 Å². The number of hydrogen-bond acceptors (Lipinski definition) is 3. The van der Waals surface area contributed by atoms with Gasteiger partial charge >= 0.3 is 0 Å². The normalized spacial score (nSPS) is 22.0. The van der Waals surface area contributed by atoms with Crippen molar-refractivity contribution in [2.24, 2.45) is 5.92 Å². The molecule has 0 N–H and O–H groups in total. The highest BCUT2D eigenvalue weighted by Crippen LogP contribution is 2.24. The zero-order valence-electron chi connectivity index (χ0n) is 14.7. The SMILES string of the molecule is CC1CCN(C(=O)CN2CCN(Cc3ccc(F)cc3Cl)S2(=O)=O)CC1. The Morgan fingerprint density at radius 2 is 1.85 bits per heavy atom. The van der Waals surface area contributed by atoms with Crippen molar-refractivity contribution in [1.82, 2.24) is 13.5 Å². The molecule has 2 aliphatic rings. The number of rotatable bonds is 4. The van der Waals surface area contributed by atoms with E-state index in [1.807, 2.05) is 0 Å². The number of hydrogen-bond donors (Lipinski definition) is 0. The second-order valence-corrected chi connectivity index (χ2v) is 9.31. The van der Waals surface area contributed by atoms with Crippen LogP contribution in [0.15, 0.2) is 18.2 Å². The van der Waals surface area contributed by atoms with Crippen LogP contribution < -0.4 is 0 Å². The maximum absolute atomic E-state index is 13.2. The Bertz CT molecular complexity index is 781. The van der Waals surface area contributed by atoms with Crippen LogP contribution in [0, 0.1) is 11.7 Å². The van der Waals surface area contributed by atoms with E-state index in [0.29, 0.717) is 24.6 Å². The largest absolute Gasteiger partial charge is 0.342 e. The van der Waals surface area contributed by atoms with Gasteiger partial charge < -0.3 is 4.90 Å². The smallest absolute Gasteiger partial charge is 0.282 e. The molecular weight excluding hydrogens is 381 g/mol. The molecule has 2 heterocycles. The quantitative estimate of drug-likeness (QED) is 0.773. The Morgan fingerprint density at radius 1 is 1.19 bits per heavy atom. The van der Waals surface area contributed by atoms with Gasteiger partial charge in [0.25, 0.3) is 10.2 Å². The Hall–Kier alpha value is -1.22. The van der Waals surface area contributed by atoms with Crippen LogP contribution in [-0.4, -0.2) is 60.6 Å². The molecule has 1 aromatic carbocycles. The van der Waals surface area contributed by atoms with Gasteiger partial charge in [-0.25, -0.2) is 4.39 Å². The molecule has 1 amide bonds. The van der Waals surface area contributed by atoms with E-state index in [2.05, 4.69) is 6.92 Å². The highest BCUT2D eigenvalue weighted by molar-refractivity contribution is 7.87. The van der Waals surface area contributed by atoms with Crippen LogP contribution in [0.25, 0.3) is 0 Å². The third-order valence-electron chi connectivity index (χ3n) is 5.06. The summed E-state index contributed by atoms with van der Waals surface area (Å²) in [4.78, 5) is 14.2. The van der Waals surface area contributed by atoms with Gasteiger partial charge in [0, 0.05) is 37.7 Å². The summed E-state index contributed by atoms with van der Waals surface area (Å²) in [5.41, 5.74) is 0.537. The van der Waals surface area contributed by atoms with Gasteiger partial charge in [-0.1, -0.05) is 24.6 Å². The Kier molecular flexibility index (Phi) is 5.86. The summed E-state index contributed by atoms with van der Waals surface area (Å²) in [7, 11) is -3.73. The molecule has 2 aliphatic heterocycles. The topological polar surface area (TPSA) is 60.9 Å². The number of carbonyl (C=O) groups is 1. The molecular formula is C17H23ClFN3O3S. The molecule has 3 rings (SSSR count). The van der Waals surface area contributed by atoms with Crippen molar-refractivity contribution in [2.75, 3.05) is 32.7 Å². The van der Waals surface area contributed by atoms with E-state index in [4.69, 9.17) is 11.6 Å². The summed E-state index contributed by atoms with van der Waals surface area (Å²) < 4.78 is 41.1. The van der Waals surface area contributed by atoms with E-state index in [-0.39, 0.29) is 37.1 Å². The molecule has 0 atom stereocenters. The molecule has 0 aromatic heterocycles. The van der Waals surface area contributed by atoms with Crippen LogP contribution in [0.2, 0.25) is 5.02 Å². The zero-order valence-corrected chi connectivity index (χ0v) is 16.3. The molecule has 26 heavy (non-hydrogen) atoms. The van der Waals surface area contributed by atoms with Crippen LogP contribution >= 0.6 is 11.6 Å². The van der Waals surface area contributed by atoms with Gasteiger partial charge in [-0.2, -0.15) is 17.0 Å². The van der Waals surface area contributed by atoms with Crippen molar-refractivity contribution in [3.63, 3.8) is 0 Å². The molecule has 0 bridgehead atoms. The summed E-state index contributed by atoms with van der Waals surface area (Å²) in [6, 6.07) is 3.90. The molecule has 144 valence electrons. The minimum Gasteiger partial charge on any atom is -0.342 e. The number of amides is 1. The first-order valence-electron chi connectivity index (χ1n) is 8.74. The van der Waals surface area contributed by atoms with E-state index in [0.717, 1.165) is 18.9 Å². The minimum atomic E-state index is -3.73. The van der Waals surface area contributed by atoms with Crippen LogP contribution in [0.1, 0.15) is 25.3 Å². The monoisotopic (exact) mass is 403 g/mol. The molecule has 6 nitrogen and oxygen atoms in total. The first-order chi connectivity index (χ1) is 12.3. The standard InChI is InChI=1S/C17H23ClFN3O3S/c1-13-4-6-20(7-5-13)17(23)12-22-9-8-21(26(22,24)25)11-14-2-3-15(19)10-16(14)18/h2-3,10,13H,4-9,11-12H2,1H3. The van der Waals surface area contributed by atoms with Gasteiger partial charge in [-0.15, -0.1) is 0 Å². The lowest BCUT2D eigenvalue weighted by atomic mass is 9.99. The molecule has 0 spiro atoms. The van der Waals surface area contributed by atoms with Crippen LogP contribution in [-0.2, 0) is 21.5 Å². The molecule has 9 heteroatoms. The summed E-state index contributed by atoms with van der Waals surface area (Å²) >= 11 is 6.00. The number of likely N-dealkylation sites (tertiary alicyclic amines) is 1. The Labute approximate surface area is 158 Å². The van der Waals surface area contributed by atoms with Crippen molar-refractivity contribution in [2.45, 2.75) is 26.3 Å². The molecule has 2 fully saturated rings. The zero-order chi connectivity index (χ0) is 18.9. The minimum absolute atomic E-state index is 0.0629. The van der Waals surface area contributed by atoms with Gasteiger partial charge in [0.2, 0.25) is 5.91 Å². The van der Waals surface area contributed by atoms with Crippen molar-refractivity contribution in [3.8, 4) is 0 Å². The number of nitrogens with zero attached hydrogens (tertiary/aromatic N) is 3. The maximum atomic E-state index is 13.2. The lowest BCUT2D eigenvalue weighted by Gasteiger charge is -2.31. The molecule has 0 unspecified atom stereocenters. The highest BCUT2D eigenvalue weighted by Gasteiger charge is 2.38. The molecule has 0 aliphatic carbocycles. The van der Waals surface area contributed by atoms with Gasteiger partial charge in [-0.3, -0.25) is 4.79 Å². The second kappa shape index (κ2) is 7.80. The summed E-state index contributed by atoms with van der Waals surface area (Å²) in [6.07, 6.45) is 1.90. The lowest BCUT2D eigenvalue weighted by Crippen LogP contribution is -2.45. The predicted octanol–water partition coefficient (Wildman–Crippen LogP) is 2.10. The third kappa shape index (κ3) is 4.19. The van der Waals surface area contributed by atoms with Gasteiger partial charge in [0.05, 0.1) is 6.54 Å². The van der Waals surface area contributed by atoms with Crippen LogP contribution in [0.3, 0.4) is 0 Å². The van der Waals surface area contributed by atoms with Crippen molar-refractivity contribution in [1.29, 1.82) is 0 Å². The fourth-order valence-electron chi connectivity index (χ4n) is 3.29. The third-order valence-corrected chi connectivity index (χ3v) is 7.34. The first-order valence-corrected chi connectivity index (χ1v) is 10.5. The Balaban J connectivity index is 1.63. The fourth-order valence-corrected chi connectivity index (χ4v) is 5.04. The van der Waals surface area contributed by atoms with E-state index < -0.39 is 16.0 Å². The van der Waals surface area contributed by atoms with E-state index in [1.54, 1.807) is 4.90 Å². The van der Waals surface area contributed by atoms with Gasteiger partial charge in [0.15, 0.2) is 0 Å². The number of piperidine rings is 1. The number of benzene rings is 1. The number of halogens is 2. The predicted molar refractivity (Wildman–Crippen MR) is 97.3 cm³/mol. The van der Waals surface area contributed by atoms with E-state index in [9.17, 15) is 17.6 Å². The summed E-state index contributed by atoms with van der Waals surface area (Å²) in [5, 5.41) is 0.192. The van der Waals surface area contributed by atoms with Crippen molar-refractivity contribution >= 4 is 27.7 Å². The van der Waals surface area contributed by atoms with Gasteiger partial charge in [0.1, 0.15) is 5.82 Å². The van der Waals surface area contributed by atoms with E-state index in [1.165, 1.54) is 20.7 Å². The molecule has 0 saturated carbocycles. The molecule has 1 aromatic rings. The maximum Gasteiger partial charge on any atom is 0.282 e. The van der Waals surface area contributed by atoms with Crippen molar-refractivity contribution < 1.29 is 17.6 Å². The second-order valence-electron chi connectivity index (χ2n) is 6.97. The molecule has 2 saturated heterocycles. The van der Waals surface area contributed by atoms with Crippen LogP contribution in [0.4, 0.5) is 4.39 Å². The number of carbonyl (C=O) groups excluding carboxylic acids is 1. The average molecular weight is 404 g/mol. The van der Waals surface area contributed by atoms with Crippen LogP contribution in [0.5, 0.6) is 0 Å². The fraction of sp³-hybridized carbons (Fsp3) is 0.588. The van der Waals surface area contributed by atoms with Crippen molar-refractivity contribution in [3.05, 3.63) is 34.6 Å². The Morgan fingerprint density at radius 3 is 2.50 bits per heavy atom. The molecule has 0 radical (unpaired) electrons. The van der Waals surface area contributed by atoms with E-state index >= 15 is 0 Å².